The molecule has 1 aliphatic rings. The molecule has 0 aliphatic carbocycles. The summed E-state index contributed by atoms with van der Waals surface area (Å²) in [5, 5.41) is 3.52. The van der Waals surface area contributed by atoms with Crippen molar-refractivity contribution in [2.24, 2.45) is 0 Å². The number of aryl methyl sites for hydroxylation is 2. The molecule has 27 heavy (non-hydrogen) atoms. The highest BCUT2D eigenvalue weighted by Crippen LogP contribution is 2.33. The van der Waals surface area contributed by atoms with Gasteiger partial charge >= 0.3 is 6.03 Å². The van der Waals surface area contributed by atoms with Crippen molar-refractivity contribution in [1.29, 1.82) is 0 Å². The van der Waals surface area contributed by atoms with E-state index in [9.17, 15) is 14.4 Å². The number of amides is 3. The quantitative estimate of drug-likeness (QED) is 0.550. The second-order valence-electron chi connectivity index (χ2n) is 6.85. The van der Waals surface area contributed by atoms with Gasteiger partial charge in [-0.2, -0.15) is 0 Å². The lowest BCUT2D eigenvalue weighted by molar-refractivity contribution is -0.131. The maximum Gasteiger partial charge on any atom is 0.325 e. The van der Waals surface area contributed by atoms with E-state index >= 15 is 0 Å². The molecule has 6 nitrogen and oxygen atoms in total. The van der Waals surface area contributed by atoms with Crippen molar-refractivity contribution in [1.82, 2.24) is 10.2 Å². The SMILES string of the molecule is Cc1cc(C(=O)CN2C(=O)N[C@](C)(c3cc4ccccc4o3)C2=O)c(C)s1. The van der Waals surface area contributed by atoms with Crippen LogP contribution in [0, 0.1) is 13.8 Å². The first-order valence-corrected chi connectivity index (χ1v) is 9.34. The Bertz CT molecular complexity index is 1060. The zero-order valence-corrected chi connectivity index (χ0v) is 16.0. The lowest BCUT2D eigenvalue weighted by Crippen LogP contribution is -2.41. The maximum absolute atomic E-state index is 13.0. The summed E-state index contributed by atoms with van der Waals surface area (Å²) in [6.07, 6.45) is 0. The highest BCUT2D eigenvalue weighted by atomic mass is 32.1. The average molecular weight is 382 g/mol. The molecule has 138 valence electrons. The van der Waals surface area contributed by atoms with E-state index in [1.54, 1.807) is 25.1 Å². The maximum atomic E-state index is 13.0. The molecule has 0 radical (unpaired) electrons. The minimum Gasteiger partial charge on any atom is -0.458 e. The minimum absolute atomic E-state index is 0.255. The van der Waals surface area contributed by atoms with Gasteiger partial charge in [-0.1, -0.05) is 18.2 Å². The first-order valence-electron chi connectivity index (χ1n) is 8.53. The second kappa shape index (κ2) is 6.06. The smallest absolute Gasteiger partial charge is 0.325 e. The molecule has 7 heteroatoms. The highest BCUT2D eigenvalue weighted by molar-refractivity contribution is 7.12. The molecule has 3 heterocycles. The molecular formula is C20H18N2O4S. The van der Waals surface area contributed by atoms with Crippen LogP contribution in [0.4, 0.5) is 4.79 Å². The van der Waals surface area contributed by atoms with Gasteiger partial charge in [0.15, 0.2) is 11.3 Å². The second-order valence-corrected chi connectivity index (χ2v) is 8.31. The van der Waals surface area contributed by atoms with Crippen LogP contribution in [0.15, 0.2) is 40.8 Å². The largest absolute Gasteiger partial charge is 0.458 e. The predicted octanol–water partition coefficient (Wildman–Crippen LogP) is 3.76. The minimum atomic E-state index is -1.34. The van der Waals surface area contributed by atoms with Gasteiger partial charge in [-0.3, -0.25) is 14.5 Å². The predicted molar refractivity (Wildman–Crippen MR) is 102 cm³/mol. The van der Waals surface area contributed by atoms with Crippen LogP contribution >= 0.6 is 11.3 Å². The van der Waals surface area contributed by atoms with E-state index < -0.39 is 17.5 Å². The third kappa shape index (κ3) is 2.75. The zero-order chi connectivity index (χ0) is 19.3. The molecule has 0 spiro atoms. The lowest BCUT2D eigenvalue weighted by atomic mass is 9.98. The van der Waals surface area contributed by atoms with Crippen molar-refractivity contribution >= 4 is 40.0 Å². The Kier molecular flexibility index (Phi) is 3.92. The van der Waals surface area contributed by atoms with Gasteiger partial charge in [0.25, 0.3) is 5.91 Å². The van der Waals surface area contributed by atoms with Crippen molar-refractivity contribution in [3.63, 3.8) is 0 Å². The van der Waals surface area contributed by atoms with Crippen LogP contribution < -0.4 is 5.32 Å². The summed E-state index contributed by atoms with van der Waals surface area (Å²) < 4.78 is 5.79. The van der Waals surface area contributed by atoms with E-state index in [0.29, 0.717) is 16.9 Å². The Hall–Kier alpha value is -2.93. The Morgan fingerprint density at radius 1 is 1.22 bits per heavy atom. The first kappa shape index (κ1) is 17.5. The van der Waals surface area contributed by atoms with Crippen LogP contribution in [-0.2, 0) is 10.3 Å². The van der Waals surface area contributed by atoms with E-state index in [0.717, 1.165) is 20.0 Å². The molecule has 1 fully saturated rings. The van der Waals surface area contributed by atoms with Crippen LogP contribution in [0.25, 0.3) is 11.0 Å². The van der Waals surface area contributed by atoms with Crippen LogP contribution in [-0.4, -0.2) is 29.2 Å². The molecule has 3 amide bonds. The average Bonchev–Trinajstić information content (AvgIpc) is 3.26. The van der Waals surface area contributed by atoms with Gasteiger partial charge in [-0.05, 0) is 39.0 Å². The standard InChI is InChI=1S/C20H18N2O4S/c1-11-8-14(12(2)27-11)15(23)10-22-18(24)20(3,21-19(22)25)17-9-13-6-4-5-7-16(13)26-17/h4-9H,10H2,1-3H3,(H,21,25)/t20-/m1/s1. The van der Waals surface area contributed by atoms with Crippen LogP contribution in [0.1, 0.15) is 32.8 Å². The fraction of sp³-hybridized carbons (Fsp3) is 0.250. The van der Waals surface area contributed by atoms with Crippen LogP contribution in [0.3, 0.4) is 0 Å². The number of nitrogens with zero attached hydrogens (tertiary/aromatic N) is 1. The van der Waals surface area contributed by atoms with E-state index in [-0.39, 0.29) is 12.3 Å². The number of carbonyl (C=O) groups is 3. The Balaban J connectivity index is 1.63. The number of ketones is 1. The number of Topliss-reactive ketones (excluding diaryl/α,β-unsaturated/α-hetero) is 1. The number of fused-ring (bicyclic) bond motifs is 1. The zero-order valence-electron chi connectivity index (χ0n) is 15.2. The number of hydrogen-bond acceptors (Lipinski definition) is 5. The fourth-order valence-corrected chi connectivity index (χ4v) is 4.31. The molecule has 3 aromatic rings. The van der Waals surface area contributed by atoms with Gasteiger partial charge in [-0.25, -0.2) is 4.79 Å². The molecule has 0 bridgehead atoms. The van der Waals surface area contributed by atoms with Crippen molar-refractivity contribution in [3.8, 4) is 0 Å². The number of carbonyl (C=O) groups excluding carboxylic acids is 3. The van der Waals surface area contributed by atoms with Gasteiger partial charge in [0, 0.05) is 20.7 Å². The summed E-state index contributed by atoms with van der Waals surface area (Å²) in [6.45, 7) is 5.07. The van der Waals surface area contributed by atoms with Gasteiger partial charge < -0.3 is 9.73 Å². The number of hydrogen-bond donors (Lipinski definition) is 1. The topological polar surface area (TPSA) is 79.6 Å². The third-order valence-corrected chi connectivity index (χ3v) is 5.80. The van der Waals surface area contributed by atoms with Crippen LogP contribution in [0.5, 0.6) is 0 Å². The number of urea groups is 1. The molecule has 1 saturated heterocycles. The molecule has 0 unspecified atom stereocenters. The number of rotatable bonds is 4. The van der Waals surface area contributed by atoms with Gasteiger partial charge in [0.1, 0.15) is 11.3 Å². The molecule has 2 aromatic heterocycles. The summed E-state index contributed by atoms with van der Waals surface area (Å²) in [5.74, 6) is -0.404. The van der Waals surface area contributed by atoms with Crippen molar-refractivity contribution in [2.75, 3.05) is 6.54 Å². The molecule has 1 aliphatic heterocycles. The van der Waals surface area contributed by atoms with E-state index in [4.69, 9.17) is 4.42 Å². The number of benzene rings is 1. The van der Waals surface area contributed by atoms with Crippen LogP contribution in [0.2, 0.25) is 0 Å². The summed E-state index contributed by atoms with van der Waals surface area (Å²) >= 11 is 1.52. The van der Waals surface area contributed by atoms with Gasteiger partial charge in [0.2, 0.25) is 0 Å². The van der Waals surface area contributed by atoms with Crippen molar-refractivity contribution < 1.29 is 18.8 Å². The lowest BCUT2D eigenvalue weighted by Gasteiger charge is -2.18. The molecule has 4 rings (SSSR count). The summed E-state index contributed by atoms with van der Waals surface area (Å²) in [7, 11) is 0. The number of para-hydroxylation sites is 1. The van der Waals surface area contributed by atoms with E-state index in [1.807, 2.05) is 32.0 Å². The summed E-state index contributed by atoms with van der Waals surface area (Å²) in [4.78, 5) is 40.9. The monoisotopic (exact) mass is 382 g/mol. The fourth-order valence-electron chi connectivity index (χ4n) is 3.37. The highest BCUT2D eigenvalue weighted by Gasteiger charge is 2.51. The number of furan rings is 1. The molecular weight excluding hydrogens is 364 g/mol. The van der Waals surface area contributed by atoms with Crippen molar-refractivity contribution in [3.05, 3.63) is 57.5 Å². The summed E-state index contributed by atoms with van der Waals surface area (Å²) in [5.41, 5.74) is -0.152. The molecule has 1 N–H and O–H groups in total. The van der Waals surface area contributed by atoms with Crippen molar-refractivity contribution in [2.45, 2.75) is 26.3 Å². The Morgan fingerprint density at radius 3 is 2.63 bits per heavy atom. The molecule has 1 atom stereocenters. The number of imide groups is 1. The number of nitrogens with one attached hydrogen (secondary N) is 1. The third-order valence-electron chi connectivity index (χ3n) is 4.84. The molecule has 0 saturated carbocycles. The number of thiophene rings is 1. The van der Waals surface area contributed by atoms with Gasteiger partial charge in [0.05, 0.1) is 6.54 Å². The summed E-state index contributed by atoms with van der Waals surface area (Å²) in [6, 6.07) is 10.3. The van der Waals surface area contributed by atoms with Gasteiger partial charge in [-0.15, -0.1) is 11.3 Å². The Labute approximate surface area is 159 Å². The van der Waals surface area contributed by atoms with E-state index in [1.165, 1.54) is 11.3 Å². The molecule has 1 aromatic carbocycles. The van der Waals surface area contributed by atoms with E-state index in [2.05, 4.69) is 5.32 Å². The Morgan fingerprint density at radius 2 is 1.96 bits per heavy atom. The normalized spacial score (nSPS) is 19.7. The first-order chi connectivity index (χ1) is 12.8.